The number of allylic oxidation sites excluding steroid dienone is 1. The molecule has 2 rings (SSSR count). The molecule has 1 aliphatic heterocycles. The topological polar surface area (TPSA) is 3.24 Å². The number of anilines is 1. The average Bonchev–Trinajstić information content (AvgIpc) is 2.23. The van der Waals surface area contributed by atoms with E-state index in [0.29, 0.717) is 5.92 Å². The molecule has 1 aromatic carbocycles. The molecule has 78 valence electrons. The van der Waals surface area contributed by atoms with Gasteiger partial charge in [-0.3, -0.25) is 0 Å². The minimum Gasteiger partial charge on any atom is -0.345 e. The zero-order chi connectivity index (χ0) is 11.0. The van der Waals surface area contributed by atoms with Crippen LogP contribution in [0.15, 0.2) is 36.6 Å². The van der Waals surface area contributed by atoms with Gasteiger partial charge in [-0.15, -0.1) is 0 Å². The van der Waals surface area contributed by atoms with Crippen molar-refractivity contribution in [3.63, 3.8) is 0 Å². The highest BCUT2D eigenvalue weighted by Gasteiger charge is 2.12. The molecular weight excluding hydrogens is 182 g/mol. The molecule has 1 nitrogen and oxygen atoms in total. The van der Waals surface area contributed by atoms with Crippen LogP contribution in [0.1, 0.15) is 30.9 Å². The van der Waals surface area contributed by atoms with Crippen LogP contribution in [0, 0.1) is 0 Å². The van der Waals surface area contributed by atoms with E-state index in [2.05, 4.69) is 62.7 Å². The Bertz CT molecular complexity index is 427. The Morgan fingerprint density at radius 1 is 1.20 bits per heavy atom. The number of likely N-dealkylation sites (N-methyl/N-ethyl adjacent to an activating group) is 1. The predicted molar refractivity (Wildman–Crippen MR) is 67.1 cm³/mol. The lowest BCUT2D eigenvalue weighted by atomic mass is 9.97. The second-order valence-corrected chi connectivity index (χ2v) is 4.36. The SMILES string of the molecule is C=C1C=Cc2cc(C(C)C)ccc2N1C. The molecule has 0 unspecified atom stereocenters. The molecular formula is C14H17N. The van der Waals surface area contributed by atoms with Gasteiger partial charge in [-0.1, -0.05) is 32.6 Å². The van der Waals surface area contributed by atoms with Gasteiger partial charge in [0.15, 0.2) is 0 Å². The molecule has 15 heavy (non-hydrogen) atoms. The van der Waals surface area contributed by atoms with E-state index in [1.165, 1.54) is 16.8 Å². The minimum atomic E-state index is 0.583. The van der Waals surface area contributed by atoms with Crippen LogP contribution in [-0.4, -0.2) is 7.05 Å². The van der Waals surface area contributed by atoms with Crippen molar-refractivity contribution in [1.82, 2.24) is 0 Å². The maximum absolute atomic E-state index is 3.99. The highest BCUT2D eigenvalue weighted by Crippen LogP contribution is 2.31. The highest BCUT2D eigenvalue weighted by molar-refractivity contribution is 5.76. The monoisotopic (exact) mass is 199 g/mol. The van der Waals surface area contributed by atoms with Crippen LogP contribution in [0.4, 0.5) is 5.69 Å². The minimum absolute atomic E-state index is 0.583. The number of hydrogen-bond acceptors (Lipinski definition) is 1. The molecule has 0 N–H and O–H groups in total. The van der Waals surface area contributed by atoms with Crippen LogP contribution < -0.4 is 4.90 Å². The van der Waals surface area contributed by atoms with Crippen molar-refractivity contribution in [2.75, 3.05) is 11.9 Å². The predicted octanol–water partition coefficient (Wildman–Crippen LogP) is 3.79. The molecule has 1 aliphatic rings. The lowest BCUT2D eigenvalue weighted by Gasteiger charge is -2.26. The lowest BCUT2D eigenvalue weighted by Crippen LogP contribution is -2.17. The molecule has 1 heterocycles. The molecule has 0 atom stereocenters. The van der Waals surface area contributed by atoms with Crippen LogP contribution >= 0.6 is 0 Å². The number of benzene rings is 1. The van der Waals surface area contributed by atoms with Gasteiger partial charge in [0.05, 0.1) is 0 Å². The van der Waals surface area contributed by atoms with E-state index in [4.69, 9.17) is 0 Å². The summed E-state index contributed by atoms with van der Waals surface area (Å²) in [7, 11) is 2.06. The third kappa shape index (κ3) is 1.70. The van der Waals surface area contributed by atoms with Crippen LogP contribution in [0.2, 0.25) is 0 Å². The Morgan fingerprint density at radius 2 is 1.93 bits per heavy atom. The van der Waals surface area contributed by atoms with Gasteiger partial charge in [-0.2, -0.15) is 0 Å². The summed E-state index contributed by atoms with van der Waals surface area (Å²) in [5, 5.41) is 0. The van der Waals surface area contributed by atoms with E-state index in [1.54, 1.807) is 0 Å². The summed E-state index contributed by atoms with van der Waals surface area (Å²) in [4.78, 5) is 2.12. The van der Waals surface area contributed by atoms with Crippen molar-refractivity contribution in [2.24, 2.45) is 0 Å². The molecule has 1 heteroatoms. The van der Waals surface area contributed by atoms with Crippen LogP contribution in [0.3, 0.4) is 0 Å². The van der Waals surface area contributed by atoms with Crippen LogP contribution in [0.5, 0.6) is 0 Å². The molecule has 0 fully saturated rings. The quantitative estimate of drug-likeness (QED) is 0.665. The molecule has 0 radical (unpaired) electrons. The first-order valence-corrected chi connectivity index (χ1v) is 5.34. The number of rotatable bonds is 1. The Labute approximate surface area is 91.7 Å². The fourth-order valence-electron chi connectivity index (χ4n) is 1.82. The Balaban J connectivity index is 2.50. The fraction of sp³-hybridized carbons (Fsp3) is 0.286. The molecule has 1 aromatic rings. The van der Waals surface area contributed by atoms with Crippen molar-refractivity contribution in [1.29, 1.82) is 0 Å². The van der Waals surface area contributed by atoms with E-state index >= 15 is 0 Å². The third-order valence-corrected chi connectivity index (χ3v) is 2.97. The Kier molecular flexibility index (Phi) is 2.39. The summed E-state index contributed by atoms with van der Waals surface area (Å²) in [6.07, 6.45) is 4.20. The Hall–Kier alpha value is -1.50. The Morgan fingerprint density at radius 3 is 2.60 bits per heavy atom. The van der Waals surface area contributed by atoms with Gasteiger partial charge in [0.25, 0.3) is 0 Å². The summed E-state index contributed by atoms with van der Waals surface area (Å²) < 4.78 is 0. The van der Waals surface area contributed by atoms with Gasteiger partial charge in [0.2, 0.25) is 0 Å². The lowest BCUT2D eigenvalue weighted by molar-refractivity contribution is 0.865. The molecule has 0 saturated heterocycles. The summed E-state index contributed by atoms with van der Waals surface area (Å²) in [6.45, 7) is 8.43. The van der Waals surface area contributed by atoms with Gasteiger partial charge in [-0.05, 0) is 35.3 Å². The third-order valence-electron chi connectivity index (χ3n) is 2.97. The van der Waals surface area contributed by atoms with Crippen molar-refractivity contribution in [3.05, 3.63) is 47.7 Å². The van der Waals surface area contributed by atoms with Crippen molar-refractivity contribution < 1.29 is 0 Å². The first kappa shape index (κ1) is 10.0. The molecule has 0 spiro atoms. The van der Waals surface area contributed by atoms with E-state index in [9.17, 15) is 0 Å². The highest BCUT2D eigenvalue weighted by atomic mass is 15.1. The smallest absolute Gasteiger partial charge is 0.0481 e. The summed E-state index contributed by atoms with van der Waals surface area (Å²) in [5.74, 6) is 0.583. The number of hydrogen-bond donors (Lipinski definition) is 0. The van der Waals surface area contributed by atoms with E-state index < -0.39 is 0 Å². The van der Waals surface area contributed by atoms with Crippen molar-refractivity contribution in [2.45, 2.75) is 19.8 Å². The van der Waals surface area contributed by atoms with Gasteiger partial charge in [0.1, 0.15) is 0 Å². The first-order chi connectivity index (χ1) is 7.09. The van der Waals surface area contributed by atoms with Crippen molar-refractivity contribution in [3.8, 4) is 0 Å². The average molecular weight is 199 g/mol. The molecule has 0 aromatic heterocycles. The summed E-state index contributed by atoms with van der Waals surface area (Å²) >= 11 is 0. The van der Waals surface area contributed by atoms with Crippen molar-refractivity contribution >= 4 is 11.8 Å². The van der Waals surface area contributed by atoms with Gasteiger partial charge in [-0.25, -0.2) is 0 Å². The summed E-state index contributed by atoms with van der Waals surface area (Å²) in [5.41, 5.74) is 4.96. The molecule has 0 saturated carbocycles. The maximum Gasteiger partial charge on any atom is 0.0481 e. The largest absolute Gasteiger partial charge is 0.345 e. The maximum atomic E-state index is 3.99. The van der Waals surface area contributed by atoms with Crippen LogP contribution in [0.25, 0.3) is 6.08 Å². The van der Waals surface area contributed by atoms with Gasteiger partial charge < -0.3 is 4.90 Å². The second kappa shape index (κ2) is 3.58. The fourth-order valence-corrected chi connectivity index (χ4v) is 1.82. The van der Waals surface area contributed by atoms with Crippen LogP contribution in [-0.2, 0) is 0 Å². The molecule has 0 aliphatic carbocycles. The van der Waals surface area contributed by atoms with Gasteiger partial charge in [0, 0.05) is 18.4 Å². The van der Waals surface area contributed by atoms with E-state index in [1.807, 2.05) is 0 Å². The first-order valence-electron chi connectivity index (χ1n) is 5.34. The summed E-state index contributed by atoms with van der Waals surface area (Å²) in [6, 6.07) is 6.64. The van der Waals surface area contributed by atoms with E-state index in [0.717, 1.165) is 5.70 Å². The number of fused-ring (bicyclic) bond motifs is 1. The number of nitrogens with zero attached hydrogens (tertiary/aromatic N) is 1. The second-order valence-electron chi connectivity index (χ2n) is 4.36. The molecule has 0 bridgehead atoms. The zero-order valence-corrected chi connectivity index (χ0v) is 9.62. The van der Waals surface area contributed by atoms with Gasteiger partial charge >= 0.3 is 0 Å². The standard InChI is InChI=1S/C14H17N/c1-10(2)12-7-8-14-13(9-12)6-5-11(3)15(14)4/h5-10H,3H2,1-2,4H3. The molecule has 0 amide bonds. The van der Waals surface area contributed by atoms with E-state index in [-0.39, 0.29) is 0 Å². The zero-order valence-electron chi connectivity index (χ0n) is 9.62. The normalized spacial score (nSPS) is 14.7.